The molecule has 0 spiro atoms. The lowest BCUT2D eigenvalue weighted by Crippen LogP contribution is -2.53. The van der Waals surface area contributed by atoms with Crippen molar-refractivity contribution in [2.75, 3.05) is 21.1 Å². The molecule has 1 unspecified atom stereocenters. The molecule has 0 saturated carbocycles. The molecule has 0 bridgehead atoms. The minimum Gasteiger partial charge on any atom is -0.314 e. The Morgan fingerprint density at radius 2 is 0.912 bits per heavy atom. The molecule has 0 aromatic heterocycles. The van der Waals surface area contributed by atoms with Crippen LogP contribution in [0.2, 0.25) is 0 Å². The van der Waals surface area contributed by atoms with Gasteiger partial charge in [-0.15, -0.1) is 0 Å². The Labute approximate surface area is 215 Å². The molecule has 0 heterocycles. The van der Waals surface area contributed by atoms with Gasteiger partial charge in [-0.05, 0) is 32.1 Å². The summed E-state index contributed by atoms with van der Waals surface area (Å²) in [4.78, 5) is 0. The van der Waals surface area contributed by atoms with Crippen molar-refractivity contribution in [3.8, 4) is 0 Å². The van der Waals surface area contributed by atoms with E-state index in [0.29, 0.717) is 10.9 Å². The molecule has 0 amide bonds. The SMILES string of the molecule is CCCCCCCCCCCCCCCCC=CCCCCCCC(CC)(P(=O)=O)[N+](C)(C)C. The minimum atomic E-state index is -2.42. The Balaban J connectivity index is 3.50. The van der Waals surface area contributed by atoms with E-state index < -0.39 is 13.0 Å². The van der Waals surface area contributed by atoms with Crippen LogP contribution in [-0.2, 0) is 9.13 Å². The van der Waals surface area contributed by atoms with E-state index in [0.717, 1.165) is 19.3 Å². The lowest BCUT2D eigenvalue weighted by atomic mass is 10.0. The summed E-state index contributed by atoms with van der Waals surface area (Å²) in [5, 5.41) is -0.608. The van der Waals surface area contributed by atoms with Gasteiger partial charge in [0.25, 0.3) is 0 Å². The molecule has 34 heavy (non-hydrogen) atoms. The maximum atomic E-state index is 12.0. The van der Waals surface area contributed by atoms with Crippen LogP contribution in [0.3, 0.4) is 0 Å². The van der Waals surface area contributed by atoms with E-state index in [2.05, 4.69) is 19.1 Å². The Morgan fingerprint density at radius 3 is 1.24 bits per heavy atom. The van der Waals surface area contributed by atoms with E-state index in [-0.39, 0.29) is 0 Å². The fraction of sp³-hybridized carbons (Fsp3) is 0.933. The average molecular weight is 499 g/mol. The largest absolute Gasteiger partial charge is 0.378 e. The molecule has 0 radical (unpaired) electrons. The van der Waals surface area contributed by atoms with Crippen molar-refractivity contribution < 1.29 is 13.6 Å². The van der Waals surface area contributed by atoms with Crippen molar-refractivity contribution in [3.05, 3.63) is 12.2 Å². The zero-order chi connectivity index (χ0) is 25.5. The smallest absolute Gasteiger partial charge is 0.314 e. The summed E-state index contributed by atoms with van der Waals surface area (Å²) in [6.45, 7) is 4.30. The average Bonchev–Trinajstić information content (AvgIpc) is 2.78. The summed E-state index contributed by atoms with van der Waals surface area (Å²) in [7, 11) is 3.61. The molecule has 4 heteroatoms. The maximum Gasteiger partial charge on any atom is 0.378 e. The zero-order valence-corrected chi connectivity index (χ0v) is 24.8. The lowest BCUT2D eigenvalue weighted by Gasteiger charge is -2.40. The molecule has 0 fully saturated rings. The van der Waals surface area contributed by atoms with Gasteiger partial charge in [0.2, 0.25) is 5.28 Å². The van der Waals surface area contributed by atoms with Gasteiger partial charge < -0.3 is 4.48 Å². The molecule has 0 saturated heterocycles. The molecule has 0 N–H and O–H groups in total. The fourth-order valence-corrected chi connectivity index (χ4v) is 6.26. The Bertz CT molecular complexity index is 542. The molecule has 0 aromatic rings. The number of unbranched alkanes of at least 4 members (excludes halogenated alkanes) is 18. The van der Waals surface area contributed by atoms with Gasteiger partial charge in [-0.3, -0.25) is 0 Å². The van der Waals surface area contributed by atoms with Crippen LogP contribution in [0, 0.1) is 0 Å². The summed E-state index contributed by atoms with van der Waals surface area (Å²) < 4.78 is 24.4. The topological polar surface area (TPSA) is 34.1 Å². The molecule has 0 aromatic carbocycles. The van der Waals surface area contributed by atoms with Crippen LogP contribution in [0.4, 0.5) is 0 Å². The number of rotatable bonds is 25. The Morgan fingerprint density at radius 1 is 0.559 bits per heavy atom. The summed E-state index contributed by atoms with van der Waals surface area (Å²) in [6, 6.07) is 0. The first kappa shape index (κ1) is 33.6. The first-order valence-corrected chi connectivity index (χ1v) is 16.1. The predicted octanol–water partition coefficient (Wildman–Crippen LogP) is 10.7. The van der Waals surface area contributed by atoms with Crippen molar-refractivity contribution in [2.45, 2.75) is 160 Å². The third-order valence-corrected chi connectivity index (χ3v) is 9.56. The molecule has 0 aliphatic carbocycles. The monoisotopic (exact) mass is 498 g/mol. The molecule has 0 aliphatic heterocycles. The summed E-state index contributed by atoms with van der Waals surface area (Å²) in [5.41, 5.74) is 0. The van der Waals surface area contributed by atoms with Crippen molar-refractivity contribution in [1.29, 1.82) is 0 Å². The minimum absolute atomic E-state index is 0.504. The van der Waals surface area contributed by atoms with Crippen molar-refractivity contribution in [3.63, 3.8) is 0 Å². The van der Waals surface area contributed by atoms with Crippen LogP contribution in [0.15, 0.2) is 12.2 Å². The van der Waals surface area contributed by atoms with E-state index in [9.17, 15) is 9.13 Å². The number of hydrogen-bond acceptors (Lipinski definition) is 2. The third-order valence-electron chi connectivity index (χ3n) is 7.74. The van der Waals surface area contributed by atoms with E-state index >= 15 is 0 Å². The first-order chi connectivity index (χ1) is 16.3. The molecule has 0 aliphatic rings. The van der Waals surface area contributed by atoms with Gasteiger partial charge in [0.05, 0.1) is 21.1 Å². The lowest BCUT2D eigenvalue weighted by molar-refractivity contribution is -0.908. The van der Waals surface area contributed by atoms with E-state index in [1.54, 1.807) is 0 Å². The summed E-state index contributed by atoms with van der Waals surface area (Å²) >= 11 is 0. The highest BCUT2D eigenvalue weighted by Crippen LogP contribution is 2.43. The highest BCUT2D eigenvalue weighted by atomic mass is 31.1. The maximum absolute atomic E-state index is 12.0. The highest BCUT2D eigenvalue weighted by Gasteiger charge is 2.46. The highest BCUT2D eigenvalue weighted by molar-refractivity contribution is 7.32. The van der Waals surface area contributed by atoms with Crippen LogP contribution in [0.5, 0.6) is 0 Å². The number of nitrogens with zero attached hydrogens (tertiary/aromatic N) is 1. The van der Waals surface area contributed by atoms with Crippen LogP contribution in [-0.4, -0.2) is 30.9 Å². The predicted molar refractivity (Wildman–Crippen MR) is 151 cm³/mol. The standard InChI is InChI=1S/C30H61NO2P/c1-6-8-9-10-11-12-13-14-15-16-17-18-19-20-21-22-23-24-25-26-27-28-29-30(7-2,34(32)33)31(3,4)5/h22-23H,6-21,24-29H2,1-5H3/q+1. The Kier molecular flexibility index (Phi) is 21.6. The summed E-state index contributed by atoms with van der Waals surface area (Å²) in [6.07, 6.45) is 33.1. The molecule has 3 nitrogen and oxygen atoms in total. The molecular formula is C30H61NO2P+. The van der Waals surface area contributed by atoms with E-state index in [1.807, 2.05) is 28.1 Å². The second-order valence-corrected chi connectivity index (χ2v) is 12.8. The number of hydrogen-bond donors (Lipinski definition) is 0. The second kappa shape index (κ2) is 21.8. The summed E-state index contributed by atoms with van der Waals surface area (Å²) in [5.74, 6) is 0. The van der Waals surface area contributed by atoms with Gasteiger partial charge in [0.15, 0.2) is 0 Å². The number of quaternary nitrogens is 1. The van der Waals surface area contributed by atoms with Gasteiger partial charge in [0.1, 0.15) is 0 Å². The fourth-order valence-electron chi connectivity index (χ4n) is 5.17. The van der Waals surface area contributed by atoms with Gasteiger partial charge in [-0.2, -0.15) is 0 Å². The van der Waals surface area contributed by atoms with E-state index in [1.165, 1.54) is 116 Å². The van der Waals surface area contributed by atoms with Gasteiger partial charge in [0, 0.05) is 12.8 Å². The normalized spacial score (nSPS) is 14.0. The molecule has 202 valence electrons. The zero-order valence-electron chi connectivity index (χ0n) is 23.9. The van der Waals surface area contributed by atoms with Crippen LogP contribution < -0.4 is 0 Å². The van der Waals surface area contributed by atoms with Crippen molar-refractivity contribution in [1.82, 2.24) is 0 Å². The van der Waals surface area contributed by atoms with Gasteiger partial charge >= 0.3 is 7.68 Å². The van der Waals surface area contributed by atoms with Crippen molar-refractivity contribution in [2.24, 2.45) is 0 Å². The third kappa shape index (κ3) is 16.3. The van der Waals surface area contributed by atoms with Crippen LogP contribution in [0.25, 0.3) is 0 Å². The van der Waals surface area contributed by atoms with Crippen molar-refractivity contribution >= 4 is 7.68 Å². The molecular weight excluding hydrogens is 437 g/mol. The van der Waals surface area contributed by atoms with E-state index in [4.69, 9.17) is 0 Å². The van der Waals surface area contributed by atoms with Crippen LogP contribution >= 0.6 is 7.68 Å². The molecule has 1 atom stereocenters. The quantitative estimate of drug-likeness (QED) is 0.0543. The number of allylic oxidation sites excluding steroid dienone is 2. The van der Waals surface area contributed by atoms with Crippen LogP contribution in [0.1, 0.15) is 155 Å². The molecule has 0 rings (SSSR count). The van der Waals surface area contributed by atoms with Gasteiger partial charge in [-0.1, -0.05) is 122 Å². The Hall–Kier alpha value is -0.400. The second-order valence-electron chi connectivity index (χ2n) is 11.4. The first-order valence-electron chi connectivity index (χ1n) is 14.9. The van der Waals surface area contributed by atoms with Gasteiger partial charge in [-0.25, -0.2) is 9.13 Å².